The molecule has 0 N–H and O–H groups in total. The van der Waals surface area contributed by atoms with Crippen LogP contribution in [-0.2, 0) is 0 Å². The molecule has 0 heterocycles. The molecular formula is C93H188. The van der Waals surface area contributed by atoms with Crippen LogP contribution in [0.2, 0.25) is 0 Å². The quantitative estimate of drug-likeness (QED) is 0.0570. The van der Waals surface area contributed by atoms with Crippen molar-refractivity contribution in [2.75, 3.05) is 0 Å². The maximum Gasteiger partial charge on any atom is -0.0312 e. The molecule has 0 aromatic heterocycles. The molecule has 3 unspecified atom stereocenters. The zero-order valence-electron chi connectivity index (χ0n) is 73.7. The Kier molecular flexibility index (Phi) is 41.2. The van der Waals surface area contributed by atoms with Gasteiger partial charge in [0, 0.05) is 0 Å². The van der Waals surface area contributed by atoms with Gasteiger partial charge in [-0.25, -0.2) is 0 Å². The van der Waals surface area contributed by atoms with Gasteiger partial charge in [0.05, 0.1) is 0 Å². The third-order valence-electron chi connectivity index (χ3n) is 27.6. The van der Waals surface area contributed by atoms with Crippen LogP contribution in [0.15, 0.2) is 0 Å². The first kappa shape index (κ1) is 93.0. The summed E-state index contributed by atoms with van der Waals surface area (Å²) in [5.41, 5.74) is 0. The Balaban J connectivity index is 14.1. The van der Waals surface area contributed by atoms with Crippen LogP contribution in [-0.4, -0.2) is 0 Å². The highest BCUT2D eigenvalue weighted by molar-refractivity contribution is 5.11. The van der Waals surface area contributed by atoms with Gasteiger partial charge in [-0.1, -0.05) is 332 Å². The second-order valence-electron chi connectivity index (χ2n) is 41.8. The molecule has 0 aliphatic carbocycles. The fraction of sp³-hybridized carbons (Fsp3) is 1.00. The first-order chi connectivity index (χ1) is 42.3. The summed E-state index contributed by atoms with van der Waals surface area (Å²) in [5, 5.41) is 0. The van der Waals surface area contributed by atoms with Crippen LogP contribution >= 0.6 is 0 Å². The van der Waals surface area contributed by atoms with Crippen molar-refractivity contribution >= 4 is 0 Å². The molecule has 0 aromatic carbocycles. The van der Waals surface area contributed by atoms with Gasteiger partial charge in [0.1, 0.15) is 0 Å². The minimum Gasteiger partial charge on any atom is -0.0651 e. The summed E-state index contributed by atoms with van der Waals surface area (Å²) in [4.78, 5) is 0. The second-order valence-corrected chi connectivity index (χ2v) is 41.8. The normalized spacial score (nSPS) is 15.6. The van der Waals surface area contributed by atoms with Gasteiger partial charge in [-0.3, -0.25) is 0 Å². The van der Waals surface area contributed by atoms with Crippen molar-refractivity contribution in [2.45, 2.75) is 332 Å². The van der Waals surface area contributed by atoms with Gasteiger partial charge in [0.25, 0.3) is 0 Å². The number of hydrogen-bond donors (Lipinski definition) is 0. The lowest BCUT2D eigenvalue weighted by Crippen LogP contribution is -2.62. The Morgan fingerprint density at radius 3 is 0.247 bits per heavy atom. The first-order valence-electron chi connectivity index (χ1n) is 42.3. The van der Waals surface area contributed by atoms with Crippen LogP contribution in [0.4, 0.5) is 0 Å². The topological polar surface area (TPSA) is 0 Å². The van der Waals surface area contributed by atoms with E-state index in [1.165, 1.54) is 6.42 Å². The fourth-order valence-corrected chi connectivity index (χ4v) is 27.2. The smallest absolute Gasteiger partial charge is 0.0312 e. The van der Waals surface area contributed by atoms with Crippen LogP contribution in [0.5, 0.6) is 0 Å². The summed E-state index contributed by atoms with van der Waals surface area (Å²) in [6.07, 6.45) is 1.26. The molecule has 0 rings (SSSR count). The molecule has 0 aliphatic rings. The van der Waals surface area contributed by atoms with Crippen molar-refractivity contribution < 1.29 is 0 Å². The van der Waals surface area contributed by atoms with Gasteiger partial charge in [0.15, 0.2) is 0 Å². The van der Waals surface area contributed by atoms with Crippen LogP contribution in [0.25, 0.3) is 0 Å². The minimum absolute atomic E-state index is 0.456. The summed E-state index contributed by atoms with van der Waals surface area (Å²) in [6, 6.07) is 0. The van der Waals surface area contributed by atoms with Gasteiger partial charge in [-0.2, -0.15) is 0 Å². The highest BCUT2D eigenvalue weighted by Gasteiger charge is 2.64. The largest absolute Gasteiger partial charge is 0.0651 e. The van der Waals surface area contributed by atoms with Gasteiger partial charge in [-0.15, -0.1) is 0 Å². The first-order valence-corrected chi connectivity index (χ1v) is 42.3. The maximum atomic E-state index is 2.76. The van der Waals surface area contributed by atoms with E-state index < -0.39 is 0 Å². The van der Waals surface area contributed by atoms with Gasteiger partial charge in [0.2, 0.25) is 0 Å². The van der Waals surface area contributed by atoms with Crippen molar-refractivity contribution in [3.05, 3.63) is 0 Å². The predicted octanol–water partition coefficient (Wildman–Crippen LogP) is 30.0. The molecule has 0 spiro atoms. The van der Waals surface area contributed by atoms with E-state index in [0.29, 0.717) is 266 Å². The molecule has 0 radical (unpaired) electrons. The fourth-order valence-electron chi connectivity index (χ4n) is 27.2. The van der Waals surface area contributed by atoms with Crippen LogP contribution < -0.4 is 0 Å². The van der Waals surface area contributed by atoms with Crippen molar-refractivity contribution in [2.24, 2.45) is 266 Å². The molecule has 0 saturated heterocycles. The van der Waals surface area contributed by atoms with Gasteiger partial charge >= 0.3 is 0 Å². The lowest BCUT2D eigenvalue weighted by atomic mass is 9.39. The summed E-state index contributed by atoms with van der Waals surface area (Å²) >= 11 is 0. The molecule has 0 heteroatoms. The van der Waals surface area contributed by atoms with E-state index in [4.69, 9.17) is 0 Å². The Labute approximate surface area is 594 Å². The molecule has 3 atom stereocenters. The van der Waals surface area contributed by atoms with E-state index in [9.17, 15) is 0 Å². The average Bonchev–Trinajstić information content (AvgIpc) is 3.33. The van der Waals surface area contributed by atoms with E-state index in [0.717, 1.165) is 0 Å². The highest BCUT2D eigenvalue weighted by Crippen LogP contribution is 2.68. The Bertz CT molecular complexity index is 1510. The Hall–Kier alpha value is 0. The van der Waals surface area contributed by atoms with Gasteiger partial charge in [-0.05, 0) is 266 Å². The van der Waals surface area contributed by atoms with Crippen LogP contribution in [0.1, 0.15) is 332 Å². The van der Waals surface area contributed by atoms with E-state index in [-0.39, 0.29) is 0 Å². The summed E-state index contributed by atoms with van der Waals surface area (Å²) in [5.74, 6) is 24.6. The van der Waals surface area contributed by atoms with Crippen molar-refractivity contribution in [1.29, 1.82) is 0 Å². The third-order valence-corrected chi connectivity index (χ3v) is 27.6. The highest BCUT2D eigenvalue weighted by atomic mass is 14.7. The zero-order chi connectivity index (χ0) is 73.7. The van der Waals surface area contributed by atoms with Gasteiger partial charge < -0.3 is 0 Å². The molecule has 0 saturated carbocycles. The van der Waals surface area contributed by atoms with E-state index in [1.807, 2.05) is 0 Å². The molecule has 0 bridgehead atoms. The van der Waals surface area contributed by atoms with E-state index in [1.54, 1.807) is 0 Å². The number of hydrogen-bond acceptors (Lipinski definition) is 0. The molecule has 93 heavy (non-hydrogen) atoms. The summed E-state index contributed by atoms with van der Waals surface area (Å²) in [6.45, 7) is 130. The predicted molar refractivity (Wildman–Crippen MR) is 428 cm³/mol. The van der Waals surface area contributed by atoms with E-state index in [2.05, 4.69) is 325 Å². The van der Waals surface area contributed by atoms with E-state index >= 15 is 0 Å². The number of rotatable bonds is 45. The second kappa shape index (κ2) is 41.2. The monoisotopic (exact) mass is 1310 g/mol. The Morgan fingerprint density at radius 2 is 0.172 bits per heavy atom. The average molecular weight is 1310 g/mol. The molecular weight excluding hydrogens is 1120 g/mol. The van der Waals surface area contributed by atoms with Crippen molar-refractivity contribution in [1.82, 2.24) is 0 Å². The third kappa shape index (κ3) is 23.5. The Morgan fingerprint density at radius 1 is 0.0968 bits per heavy atom. The van der Waals surface area contributed by atoms with Crippen LogP contribution in [0.3, 0.4) is 0 Å². The maximum absolute atomic E-state index is 2.76. The van der Waals surface area contributed by atoms with Crippen molar-refractivity contribution in [3.8, 4) is 0 Å². The molecule has 0 fully saturated rings. The molecule has 0 aromatic rings. The van der Waals surface area contributed by atoms with Crippen LogP contribution in [0, 0.1) is 266 Å². The molecule has 0 amide bonds. The molecule has 0 nitrogen and oxygen atoms in total. The molecule has 560 valence electrons. The molecule has 0 aliphatic heterocycles. The summed E-state index contributed by atoms with van der Waals surface area (Å²) in [7, 11) is 0. The standard InChI is InChI=1S/C93H188/c1-48-72(49(2)3)84(73(50(4)5)51(6)7)90(85(74(52(8)9)53(10)11)75(54(12)13)55(14)15)93(91(86(76(56(16)17)57(18)19)77(58(20)21)59(22)23)87(78(60(24)25)61(26)27)79(62(28)29)63(30)31)92(88(80(64(32)33)65(34)35)81(66(36)37)67(38)39)89(82(68(40)41)69(42)43)83(70(44)45)71(46)47/h49-93H,48H2,1-47H3. The lowest BCUT2D eigenvalue weighted by Gasteiger charge is -2.66. The SMILES string of the molecule is CCC(C(C)C)C(C(C(C)C)C(C)C)C(C(C(C(C)C)C(C)C)C(C(C)C)C(C)C)C(C(C(C(C(C)C)C(C)C)C(C(C)C)C(C)C)C(C(C(C)C)C(C)C)C(C(C)C)C(C)C)C(C(C(C(C)C)C(C)C)C(C(C)C)C(C)C)C(C(C(C)C)C(C)C)C(C(C)C)C(C)C. The lowest BCUT2D eigenvalue weighted by molar-refractivity contribution is -0.190. The minimum atomic E-state index is 0.456. The zero-order valence-corrected chi connectivity index (χ0v) is 73.7. The summed E-state index contributed by atoms with van der Waals surface area (Å²) < 4.78 is 0. The van der Waals surface area contributed by atoms with Crippen molar-refractivity contribution in [3.63, 3.8) is 0 Å².